The summed E-state index contributed by atoms with van der Waals surface area (Å²) in [5.74, 6) is 0. The van der Waals surface area contributed by atoms with Crippen molar-refractivity contribution in [3.8, 4) is 0 Å². The molecule has 0 aliphatic carbocycles. The summed E-state index contributed by atoms with van der Waals surface area (Å²) in [6, 6.07) is 8.28. The lowest BCUT2D eigenvalue weighted by Gasteiger charge is -2.11. The lowest BCUT2D eigenvalue weighted by molar-refractivity contribution is 1.20. The zero-order valence-corrected chi connectivity index (χ0v) is 6.46. The number of hydrogen-bond donors (Lipinski definition) is 0. The van der Waals surface area contributed by atoms with Crippen molar-refractivity contribution in [1.82, 2.24) is 0 Å². The molecule has 0 bridgehead atoms. The molecule has 1 nitrogen and oxygen atoms in total. The van der Waals surface area contributed by atoms with Crippen LogP contribution in [0, 0.1) is 14.0 Å². The van der Waals surface area contributed by atoms with Crippen LogP contribution in [0.2, 0.25) is 0 Å². The van der Waals surface area contributed by atoms with Crippen molar-refractivity contribution in [1.29, 1.82) is 0 Å². The molecule has 1 aromatic carbocycles. The Bertz CT molecular complexity index is 198. The Morgan fingerprint density at radius 2 is 1.70 bits per heavy atom. The van der Waals surface area contributed by atoms with E-state index in [9.17, 15) is 0 Å². The Morgan fingerprint density at radius 1 is 1.20 bits per heavy atom. The van der Waals surface area contributed by atoms with Crippen LogP contribution in [-0.2, 0) is 0 Å². The highest BCUT2D eigenvalue weighted by molar-refractivity contribution is 5.46. The molecule has 0 amide bonds. The Labute approximate surface area is 62.3 Å². The van der Waals surface area contributed by atoms with Gasteiger partial charge >= 0.3 is 0 Å². The minimum Gasteiger partial charge on any atom is -0.373 e. The second-order valence-corrected chi connectivity index (χ2v) is 2.53. The molecule has 0 unspecified atom stereocenters. The first kappa shape index (κ1) is 7.13. The first-order chi connectivity index (χ1) is 4.70. The highest BCUT2D eigenvalue weighted by atomic mass is 15.1. The summed E-state index contributed by atoms with van der Waals surface area (Å²) < 4.78 is 0. The molecule has 0 aromatic heterocycles. The predicted octanol–water partition coefficient (Wildman–Crippen LogP) is 2.22. The van der Waals surface area contributed by atoms with Crippen LogP contribution >= 0.6 is 0 Å². The van der Waals surface area contributed by atoms with E-state index in [1.54, 1.807) is 0 Å². The van der Waals surface area contributed by atoms with E-state index in [1.165, 1.54) is 5.56 Å². The number of anilines is 1. The van der Waals surface area contributed by atoms with Crippen LogP contribution in [0.1, 0.15) is 5.56 Å². The molecule has 0 N–H and O–H groups in total. The molecule has 0 saturated heterocycles. The molecule has 1 rings (SSSR count). The van der Waals surface area contributed by atoms with Crippen molar-refractivity contribution in [3.63, 3.8) is 0 Å². The van der Waals surface area contributed by atoms with E-state index in [0.717, 1.165) is 5.69 Å². The van der Waals surface area contributed by atoms with E-state index in [1.807, 2.05) is 11.9 Å². The van der Waals surface area contributed by atoms with Gasteiger partial charge in [-0.05, 0) is 19.1 Å². The van der Waals surface area contributed by atoms with E-state index in [2.05, 4.69) is 38.2 Å². The van der Waals surface area contributed by atoms with Gasteiger partial charge in [0.25, 0.3) is 0 Å². The number of aryl methyl sites for hydroxylation is 1. The zero-order valence-electron chi connectivity index (χ0n) is 6.46. The van der Waals surface area contributed by atoms with E-state index in [0.29, 0.717) is 0 Å². The van der Waals surface area contributed by atoms with Gasteiger partial charge in [-0.1, -0.05) is 17.7 Å². The molecule has 1 aromatic rings. The first-order valence-electron chi connectivity index (χ1n) is 3.31. The van der Waals surface area contributed by atoms with Gasteiger partial charge in [-0.3, -0.25) is 0 Å². The molecule has 1 radical (unpaired) electrons. The number of benzene rings is 1. The summed E-state index contributed by atoms with van der Waals surface area (Å²) in [6.45, 7) is 2.08. The standard InChI is InChI=1S/C9H12N/c1-8-4-6-9(7-5-8)10(2)3/h4-7H,2H2,1,3H3. The van der Waals surface area contributed by atoms with Crippen molar-refractivity contribution >= 4 is 5.69 Å². The highest BCUT2D eigenvalue weighted by Gasteiger charge is 1.91. The quantitative estimate of drug-likeness (QED) is 0.569. The van der Waals surface area contributed by atoms with E-state index >= 15 is 0 Å². The Balaban J connectivity index is 2.89. The Morgan fingerprint density at radius 3 is 2.10 bits per heavy atom. The summed E-state index contributed by atoms with van der Waals surface area (Å²) in [5.41, 5.74) is 2.43. The molecule has 0 aliphatic rings. The van der Waals surface area contributed by atoms with Crippen LogP contribution in [0.15, 0.2) is 24.3 Å². The zero-order chi connectivity index (χ0) is 7.56. The van der Waals surface area contributed by atoms with E-state index in [4.69, 9.17) is 0 Å². The molecular formula is C9H12N. The summed E-state index contributed by atoms with van der Waals surface area (Å²) in [7, 11) is 5.71. The van der Waals surface area contributed by atoms with Crippen molar-refractivity contribution in [3.05, 3.63) is 36.9 Å². The lowest BCUT2D eigenvalue weighted by Crippen LogP contribution is -2.04. The smallest absolute Gasteiger partial charge is 0.0364 e. The van der Waals surface area contributed by atoms with Gasteiger partial charge < -0.3 is 4.90 Å². The molecule has 0 atom stereocenters. The molecule has 0 heterocycles. The Kier molecular flexibility index (Phi) is 1.95. The van der Waals surface area contributed by atoms with Crippen molar-refractivity contribution in [2.24, 2.45) is 0 Å². The first-order valence-corrected chi connectivity index (χ1v) is 3.31. The molecular weight excluding hydrogens is 122 g/mol. The average molecular weight is 134 g/mol. The number of hydrogen-bond acceptors (Lipinski definition) is 1. The van der Waals surface area contributed by atoms with Crippen molar-refractivity contribution in [2.75, 3.05) is 11.9 Å². The van der Waals surface area contributed by atoms with Gasteiger partial charge in [-0.2, -0.15) is 0 Å². The topological polar surface area (TPSA) is 3.24 Å². The monoisotopic (exact) mass is 134 g/mol. The molecule has 53 valence electrons. The maximum Gasteiger partial charge on any atom is 0.0364 e. The fourth-order valence-electron chi connectivity index (χ4n) is 0.799. The molecule has 0 aliphatic heterocycles. The van der Waals surface area contributed by atoms with Gasteiger partial charge in [0.1, 0.15) is 0 Å². The number of nitrogens with zero attached hydrogens (tertiary/aromatic N) is 1. The van der Waals surface area contributed by atoms with Gasteiger partial charge in [0.2, 0.25) is 0 Å². The lowest BCUT2D eigenvalue weighted by atomic mass is 10.2. The van der Waals surface area contributed by atoms with Gasteiger partial charge in [0, 0.05) is 19.8 Å². The van der Waals surface area contributed by atoms with Crippen LogP contribution in [0.5, 0.6) is 0 Å². The van der Waals surface area contributed by atoms with Crippen LogP contribution in [-0.4, -0.2) is 7.05 Å². The molecule has 10 heavy (non-hydrogen) atoms. The van der Waals surface area contributed by atoms with Crippen LogP contribution in [0.4, 0.5) is 5.69 Å². The van der Waals surface area contributed by atoms with Crippen molar-refractivity contribution in [2.45, 2.75) is 6.92 Å². The molecule has 0 fully saturated rings. The fourth-order valence-corrected chi connectivity index (χ4v) is 0.799. The van der Waals surface area contributed by atoms with Gasteiger partial charge in [0.15, 0.2) is 0 Å². The van der Waals surface area contributed by atoms with Gasteiger partial charge in [0.05, 0.1) is 0 Å². The second kappa shape index (κ2) is 2.74. The minimum absolute atomic E-state index is 1.14. The van der Waals surface area contributed by atoms with Crippen LogP contribution < -0.4 is 4.90 Å². The summed E-state index contributed by atoms with van der Waals surface area (Å²) in [6.07, 6.45) is 0. The predicted molar refractivity (Wildman–Crippen MR) is 44.9 cm³/mol. The third-order valence-electron chi connectivity index (χ3n) is 1.47. The van der Waals surface area contributed by atoms with E-state index in [-0.39, 0.29) is 0 Å². The maximum atomic E-state index is 3.77. The maximum absolute atomic E-state index is 3.77. The molecule has 1 heteroatoms. The fraction of sp³-hybridized carbons (Fsp3) is 0.222. The summed E-state index contributed by atoms with van der Waals surface area (Å²) in [5, 5.41) is 0. The third-order valence-corrected chi connectivity index (χ3v) is 1.47. The van der Waals surface area contributed by atoms with Crippen molar-refractivity contribution < 1.29 is 0 Å². The summed E-state index contributed by atoms with van der Waals surface area (Å²) >= 11 is 0. The highest BCUT2D eigenvalue weighted by Crippen LogP contribution is 2.11. The normalized spacial score (nSPS) is 9.50. The molecule has 0 saturated carbocycles. The second-order valence-electron chi connectivity index (χ2n) is 2.53. The third kappa shape index (κ3) is 1.50. The van der Waals surface area contributed by atoms with Gasteiger partial charge in [-0.15, -0.1) is 0 Å². The summed E-state index contributed by atoms with van der Waals surface area (Å²) in [4.78, 5) is 1.85. The SMILES string of the molecule is [CH2]N(C)c1ccc(C)cc1. The van der Waals surface area contributed by atoms with Crippen LogP contribution in [0.25, 0.3) is 0 Å². The van der Waals surface area contributed by atoms with E-state index < -0.39 is 0 Å². The van der Waals surface area contributed by atoms with Crippen LogP contribution in [0.3, 0.4) is 0 Å². The minimum atomic E-state index is 1.14. The Hall–Kier alpha value is -0.980. The molecule has 0 spiro atoms. The average Bonchev–Trinajstić information content (AvgIpc) is 1.88. The van der Waals surface area contributed by atoms with Gasteiger partial charge in [-0.25, -0.2) is 0 Å². The number of rotatable bonds is 1. The largest absolute Gasteiger partial charge is 0.373 e.